The number of allylic oxidation sites excluding steroid dienone is 4. The number of hydrogen-bond acceptors (Lipinski definition) is 0. The summed E-state index contributed by atoms with van der Waals surface area (Å²) in [4.78, 5) is 0. The Balaban J connectivity index is 0.000000317. The van der Waals surface area contributed by atoms with Gasteiger partial charge in [-0.25, -0.2) is 17.2 Å². The van der Waals surface area contributed by atoms with Crippen LogP contribution in [-0.4, -0.2) is 0 Å². The van der Waals surface area contributed by atoms with E-state index >= 15 is 0 Å². The quantitative estimate of drug-likeness (QED) is 0.424. The standard InChI is InChI=1S/C13H19.3ClH.Ti/c1-3-10-9-11-7-5-6-8-13(11)12(10)4-2;;;;/h12H,3-8H2,1-2H3;3*1H;/q-1;;;;+4/p-3. The number of rotatable bonds is 2. The normalized spacial score (nSPS) is 22.6. The van der Waals surface area contributed by atoms with Crippen molar-refractivity contribution in [1.29, 1.82) is 0 Å². The third-order valence-corrected chi connectivity index (χ3v) is 3.45. The second-order valence-electron chi connectivity index (χ2n) is 4.39. The van der Waals surface area contributed by atoms with Crippen LogP contribution in [0.1, 0.15) is 52.4 Å². The first-order chi connectivity index (χ1) is 8.10. The van der Waals surface area contributed by atoms with Crippen molar-refractivity contribution in [2.75, 3.05) is 0 Å². The summed E-state index contributed by atoms with van der Waals surface area (Å²) < 4.78 is 0. The summed E-state index contributed by atoms with van der Waals surface area (Å²) in [5.74, 6) is 0.778. The van der Waals surface area contributed by atoms with Crippen LogP contribution in [0.15, 0.2) is 16.7 Å². The van der Waals surface area contributed by atoms with E-state index in [1.54, 1.807) is 16.7 Å². The number of hydrogen-bond donors (Lipinski definition) is 0. The Hall–Kier alpha value is 1.06. The van der Waals surface area contributed by atoms with Gasteiger partial charge in [-0.15, -0.1) is 0 Å². The van der Waals surface area contributed by atoms with E-state index in [9.17, 15) is 0 Å². The number of halogens is 3. The van der Waals surface area contributed by atoms with Crippen LogP contribution in [0.25, 0.3) is 0 Å². The Morgan fingerprint density at radius 1 is 1.18 bits per heavy atom. The molecule has 1 atom stereocenters. The molecule has 17 heavy (non-hydrogen) atoms. The molecule has 0 fully saturated rings. The molecule has 2 rings (SSSR count). The molecule has 4 heteroatoms. The van der Waals surface area contributed by atoms with Crippen molar-refractivity contribution < 1.29 is 14.7 Å². The van der Waals surface area contributed by atoms with E-state index in [2.05, 4.69) is 19.9 Å². The molecule has 0 spiro atoms. The second kappa shape index (κ2) is 8.28. The summed E-state index contributed by atoms with van der Waals surface area (Å²) in [5.41, 5.74) is 4.90. The Morgan fingerprint density at radius 2 is 1.76 bits per heavy atom. The zero-order valence-corrected chi connectivity index (χ0v) is 14.3. The molecule has 2 aliphatic rings. The summed E-state index contributed by atoms with van der Waals surface area (Å²) in [5, 5.41) is 0. The van der Waals surface area contributed by atoms with Crippen molar-refractivity contribution >= 4 is 27.9 Å². The summed E-state index contributed by atoms with van der Waals surface area (Å²) in [6.45, 7) is 4.58. The van der Waals surface area contributed by atoms with Crippen molar-refractivity contribution in [3.05, 3.63) is 22.8 Å². The molecule has 0 N–H and O–H groups in total. The van der Waals surface area contributed by atoms with Crippen LogP contribution in [0.2, 0.25) is 0 Å². The van der Waals surface area contributed by atoms with Gasteiger partial charge in [0.2, 0.25) is 0 Å². The van der Waals surface area contributed by atoms with Gasteiger partial charge in [-0.05, 0) is 0 Å². The molecule has 0 aromatic heterocycles. The fourth-order valence-electron chi connectivity index (χ4n) is 2.77. The zero-order valence-electron chi connectivity index (χ0n) is 10.5. The van der Waals surface area contributed by atoms with Crippen LogP contribution in [0, 0.1) is 12.0 Å². The molecule has 1 unspecified atom stereocenters. The Bertz CT molecular complexity index is 305. The Kier molecular flexibility index (Phi) is 7.85. The maximum absolute atomic E-state index is 4.97. The van der Waals surface area contributed by atoms with E-state index < -0.39 is 14.7 Å². The molecule has 0 aromatic rings. The van der Waals surface area contributed by atoms with Gasteiger partial charge in [-0.1, -0.05) is 58.3 Å². The van der Waals surface area contributed by atoms with Crippen LogP contribution in [0.5, 0.6) is 0 Å². The molecule has 96 valence electrons. The van der Waals surface area contributed by atoms with Gasteiger partial charge in [-0.2, -0.15) is 5.57 Å². The second-order valence-corrected chi connectivity index (χ2v) is 12.1. The molecule has 0 bridgehead atoms. The topological polar surface area (TPSA) is 0 Å². The van der Waals surface area contributed by atoms with Gasteiger partial charge < -0.3 is 0 Å². The predicted octanol–water partition coefficient (Wildman–Crippen LogP) is 6.10. The van der Waals surface area contributed by atoms with Gasteiger partial charge in [0.15, 0.2) is 0 Å². The summed E-state index contributed by atoms with van der Waals surface area (Å²) in [6.07, 6.45) is 11.6. The molecule has 0 heterocycles. The van der Waals surface area contributed by atoms with E-state index in [0.717, 1.165) is 5.92 Å². The van der Waals surface area contributed by atoms with Crippen molar-refractivity contribution in [2.45, 2.75) is 52.4 Å². The SMILES string of the molecule is CCC1=[C-]C2=C(CCCC2)C1CC.[Cl][Ti+]([Cl])[Cl]. The molecule has 2 aliphatic carbocycles. The average molecular weight is 330 g/mol. The molecule has 0 saturated heterocycles. The molecule has 0 nitrogen and oxygen atoms in total. The van der Waals surface area contributed by atoms with Gasteiger partial charge in [0.25, 0.3) is 0 Å². The first-order valence-corrected chi connectivity index (χ1v) is 12.7. The minimum atomic E-state index is -1.92. The van der Waals surface area contributed by atoms with Gasteiger partial charge in [0, 0.05) is 0 Å². The third kappa shape index (κ3) is 4.92. The Labute approximate surface area is 123 Å². The monoisotopic (exact) mass is 328 g/mol. The van der Waals surface area contributed by atoms with Crippen molar-refractivity contribution in [2.24, 2.45) is 5.92 Å². The van der Waals surface area contributed by atoms with Gasteiger partial charge in [-0.3, -0.25) is 0 Å². The van der Waals surface area contributed by atoms with Crippen molar-refractivity contribution in [1.82, 2.24) is 0 Å². The van der Waals surface area contributed by atoms with E-state index in [0.29, 0.717) is 0 Å². The van der Waals surface area contributed by atoms with Crippen molar-refractivity contribution in [3.63, 3.8) is 0 Å². The Morgan fingerprint density at radius 3 is 2.29 bits per heavy atom. The summed E-state index contributed by atoms with van der Waals surface area (Å²) >= 11 is -1.92. The van der Waals surface area contributed by atoms with E-state index in [1.165, 1.54) is 38.5 Å². The maximum atomic E-state index is 4.97. The van der Waals surface area contributed by atoms with Crippen LogP contribution < -0.4 is 0 Å². The first-order valence-electron chi connectivity index (χ1n) is 6.28. The van der Waals surface area contributed by atoms with Crippen LogP contribution in [0.3, 0.4) is 0 Å². The van der Waals surface area contributed by atoms with Crippen LogP contribution >= 0.6 is 27.9 Å². The van der Waals surface area contributed by atoms with Crippen molar-refractivity contribution in [3.8, 4) is 0 Å². The van der Waals surface area contributed by atoms with E-state index in [-0.39, 0.29) is 0 Å². The zero-order chi connectivity index (χ0) is 12.8. The van der Waals surface area contributed by atoms with Crippen LogP contribution in [-0.2, 0) is 14.7 Å². The fourth-order valence-corrected chi connectivity index (χ4v) is 2.77. The third-order valence-electron chi connectivity index (χ3n) is 3.45. The molecule has 0 radical (unpaired) electrons. The first kappa shape index (κ1) is 16.1. The van der Waals surface area contributed by atoms with Gasteiger partial charge >= 0.3 is 42.6 Å². The molecule has 0 amide bonds. The molecule has 0 aromatic carbocycles. The molecular formula is C13H19Cl3Ti. The van der Waals surface area contributed by atoms with Crippen LogP contribution in [0.4, 0.5) is 0 Å². The van der Waals surface area contributed by atoms with E-state index in [1.807, 2.05) is 0 Å². The minimum absolute atomic E-state index is 0.778. The molecule has 0 saturated carbocycles. The molecular weight excluding hydrogens is 310 g/mol. The predicted molar refractivity (Wildman–Crippen MR) is 73.9 cm³/mol. The molecule has 0 aliphatic heterocycles. The summed E-state index contributed by atoms with van der Waals surface area (Å²) in [6, 6.07) is 0. The van der Waals surface area contributed by atoms with E-state index in [4.69, 9.17) is 27.9 Å². The van der Waals surface area contributed by atoms with Gasteiger partial charge in [0.05, 0.1) is 0 Å². The average Bonchev–Trinajstić information content (AvgIpc) is 2.65. The summed E-state index contributed by atoms with van der Waals surface area (Å²) in [7, 11) is 14.9. The van der Waals surface area contributed by atoms with Gasteiger partial charge in [0.1, 0.15) is 0 Å². The fraction of sp³-hybridized carbons (Fsp3) is 0.692.